The van der Waals surface area contributed by atoms with E-state index in [4.69, 9.17) is 14.2 Å². The predicted octanol–water partition coefficient (Wildman–Crippen LogP) is 4.07. The lowest BCUT2D eigenvalue weighted by Gasteiger charge is -2.24. The van der Waals surface area contributed by atoms with Gasteiger partial charge in [-0.1, -0.05) is 23.8 Å². The molecule has 0 heterocycles. The molecular formula is C29H33N3O7S. The minimum absolute atomic E-state index is 0.0474. The Bertz CT molecular complexity index is 1450. The zero-order valence-electron chi connectivity index (χ0n) is 23.1. The first-order chi connectivity index (χ1) is 18.9. The molecule has 0 aliphatic carbocycles. The second-order valence-corrected chi connectivity index (χ2v) is 11.6. The Balaban J connectivity index is 1.67. The van der Waals surface area contributed by atoms with E-state index in [1.165, 1.54) is 31.5 Å². The summed E-state index contributed by atoms with van der Waals surface area (Å²) in [5.74, 6) is -0.221. The van der Waals surface area contributed by atoms with Gasteiger partial charge in [-0.15, -0.1) is 0 Å². The van der Waals surface area contributed by atoms with Crippen molar-refractivity contribution in [3.63, 3.8) is 0 Å². The molecule has 3 rings (SSSR count). The fourth-order valence-corrected chi connectivity index (χ4v) is 4.84. The van der Waals surface area contributed by atoms with E-state index in [0.717, 1.165) is 9.87 Å². The van der Waals surface area contributed by atoms with Crippen LogP contribution in [0.4, 0.5) is 5.69 Å². The number of hydrogen-bond donors (Lipinski definition) is 1. The van der Waals surface area contributed by atoms with Crippen LogP contribution < -0.4 is 19.2 Å². The first-order valence-corrected chi connectivity index (χ1v) is 13.8. The number of carbonyl (C=O) groups excluding carboxylic acids is 2. The van der Waals surface area contributed by atoms with Gasteiger partial charge in [0.05, 0.1) is 23.9 Å². The zero-order valence-corrected chi connectivity index (χ0v) is 23.9. The molecule has 0 aliphatic heterocycles. The fourth-order valence-electron chi connectivity index (χ4n) is 3.43. The van der Waals surface area contributed by atoms with Crippen molar-refractivity contribution in [2.75, 3.05) is 24.6 Å². The van der Waals surface area contributed by atoms with Gasteiger partial charge in [-0.2, -0.15) is 5.10 Å². The molecule has 40 heavy (non-hydrogen) atoms. The first-order valence-electron chi connectivity index (χ1n) is 12.4. The van der Waals surface area contributed by atoms with Crippen molar-refractivity contribution in [1.29, 1.82) is 0 Å². The summed E-state index contributed by atoms with van der Waals surface area (Å²) in [7, 11) is -2.61. The van der Waals surface area contributed by atoms with E-state index >= 15 is 0 Å². The largest absolute Gasteiger partial charge is 0.497 e. The van der Waals surface area contributed by atoms with Crippen molar-refractivity contribution in [2.24, 2.45) is 5.10 Å². The lowest BCUT2D eigenvalue weighted by Crippen LogP contribution is -2.39. The summed E-state index contributed by atoms with van der Waals surface area (Å²) in [6.45, 7) is 6.44. The third-order valence-electron chi connectivity index (χ3n) is 5.30. The van der Waals surface area contributed by atoms with Crippen LogP contribution in [0.3, 0.4) is 0 Å². The average Bonchev–Trinajstić information content (AvgIpc) is 2.90. The monoisotopic (exact) mass is 567 g/mol. The van der Waals surface area contributed by atoms with E-state index in [1.807, 2.05) is 6.92 Å². The minimum Gasteiger partial charge on any atom is -0.497 e. The SMILES string of the molecule is COc1cccc(N(CC(=O)N/N=C\c2ccc(OCC(=O)OC(C)(C)C)cc2)S(=O)(=O)c2ccc(C)cc2)c1. The van der Waals surface area contributed by atoms with Crippen LogP contribution in [0.2, 0.25) is 0 Å². The van der Waals surface area contributed by atoms with Crippen molar-refractivity contribution in [2.45, 2.75) is 38.2 Å². The molecule has 0 saturated carbocycles. The van der Waals surface area contributed by atoms with Gasteiger partial charge >= 0.3 is 5.97 Å². The molecule has 11 heteroatoms. The molecule has 1 amide bonds. The molecule has 212 valence electrons. The Morgan fingerprint density at radius 1 is 0.975 bits per heavy atom. The number of nitrogens with one attached hydrogen (secondary N) is 1. The number of esters is 1. The van der Waals surface area contributed by atoms with Crippen LogP contribution in [0, 0.1) is 6.92 Å². The summed E-state index contributed by atoms with van der Waals surface area (Å²) >= 11 is 0. The van der Waals surface area contributed by atoms with E-state index in [0.29, 0.717) is 17.1 Å². The number of carbonyl (C=O) groups is 2. The molecule has 0 radical (unpaired) electrons. The van der Waals surface area contributed by atoms with Gasteiger partial charge < -0.3 is 14.2 Å². The Hall–Kier alpha value is -4.38. The number of rotatable bonds is 11. The van der Waals surface area contributed by atoms with Gasteiger partial charge in [0.2, 0.25) is 0 Å². The molecule has 0 saturated heterocycles. The molecule has 0 spiro atoms. The van der Waals surface area contributed by atoms with E-state index in [1.54, 1.807) is 75.4 Å². The molecule has 0 atom stereocenters. The Morgan fingerprint density at radius 2 is 1.65 bits per heavy atom. The quantitative estimate of drug-likeness (QED) is 0.210. The second kappa shape index (κ2) is 13.1. The van der Waals surface area contributed by atoms with Crippen LogP contribution in [0.1, 0.15) is 31.9 Å². The van der Waals surface area contributed by atoms with Gasteiger partial charge in [0.1, 0.15) is 23.6 Å². The van der Waals surface area contributed by atoms with E-state index in [9.17, 15) is 18.0 Å². The highest BCUT2D eigenvalue weighted by Crippen LogP contribution is 2.27. The summed E-state index contributed by atoms with van der Waals surface area (Å²) < 4.78 is 43.9. The topological polar surface area (TPSA) is 124 Å². The number of anilines is 1. The van der Waals surface area contributed by atoms with Gasteiger partial charge in [-0.05, 0) is 81.8 Å². The molecule has 1 N–H and O–H groups in total. The summed E-state index contributed by atoms with van der Waals surface area (Å²) in [4.78, 5) is 24.6. The Morgan fingerprint density at radius 3 is 2.27 bits per heavy atom. The summed E-state index contributed by atoms with van der Waals surface area (Å²) in [6, 6.07) is 19.5. The maximum Gasteiger partial charge on any atom is 0.344 e. The Labute approximate surface area is 234 Å². The third kappa shape index (κ3) is 8.84. The highest BCUT2D eigenvalue weighted by Gasteiger charge is 2.27. The van der Waals surface area contributed by atoms with Crippen molar-refractivity contribution in [1.82, 2.24) is 5.43 Å². The number of ether oxygens (including phenoxy) is 3. The minimum atomic E-state index is -4.08. The highest BCUT2D eigenvalue weighted by molar-refractivity contribution is 7.92. The lowest BCUT2D eigenvalue weighted by atomic mass is 10.2. The van der Waals surface area contributed by atoms with Crippen LogP contribution in [0.25, 0.3) is 0 Å². The van der Waals surface area contributed by atoms with Gasteiger partial charge in [0.25, 0.3) is 15.9 Å². The normalized spacial score (nSPS) is 11.6. The number of amides is 1. The maximum absolute atomic E-state index is 13.5. The van der Waals surface area contributed by atoms with Crippen LogP contribution in [0.15, 0.2) is 82.8 Å². The standard InChI is InChI=1S/C29H33N3O7S/c1-21-9-15-26(16-10-21)40(35,36)32(23-7-6-8-25(17-23)37-5)19-27(33)31-30-18-22-11-13-24(14-12-22)38-20-28(34)39-29(2,3)4/h6-18H,19-20H2,1-5H3,(H,31,33)/b30-18-. The second-order valence-electron chi connectivity index (χ2n) is 9.76. The molecule has 0 unspecified atom stereocenters. The summed E-state index contributed by atoms with van der Waals surface area (Å²) in [6.07, 6.45) is 1.40. The van der Waals surface area contributed by atoms with Gasteiger partial charge in [0, 0.05) is 6.07 Å². The number of aryl methyl sites for hydroxylation is 1. The lowest BCUT2D eigenvalue weighted by molar-refractivity contribution is -0.157. The number of methoxy groups -OCH3 is 1. The first kappa shape index (κ1) is 30.2. The van der Waals surface area contributed by atoms with Crippen molar-refractivity contribution in [3.05, 3.63) is 83.9 Å². The van der Waals surface area contributed by atoms with Gasteiger partial charge in [-0.25, -0.2) is 18.6 Å². The van der Waals surface area contributed by atoms with Crippen molar-refractivity contribution >= 4 is 33.8 Å². The van der Waals surface area contributed by atoms with Crippen LogP contribution in [-0.2, 0) is 24.3 Å². The molecule has 0 fully saturated rings. The summed E-state index contributed by atoms with van der Waals surface area (Å²) in [5, 5.41) is 3.95. The Kier molecular flexibility index (Phi) is 9.89. The maximum atomic E-state index is 13.5. The third-order valence-corrected chi connectivity index (χ3v) is 7.09. The molecule has 3 aromatic carbocycles. The van der Waals surface area contributed by atoms with Crippen molar-refractivity contribution in [3.8, 4) is 11.5 Å². The van der Waals surface area contributed by atoms with E-state index in [-0.39, 0.29) is 17.2 Å². The van der Waals surface area contributed by atoms with Gasteiger partial charge in [-0.3, -0.25) is 9.10 Å². The number of sulfonamides is 1. The molecule has 10 nitrogen and oxygen atoms in total. The molecule has 0 aromatic heterocycles. The van der Waals surface area contributed by atoms with Gasteiger partial charge in [0.15, 0.2) is 6.61 Å². The number of benzene rings is 3. The number of nitrogens with zero attached hydrogens (tertiary/aromatic N) is 2. The van der Waals surface area contributed by atoms with Crippen molar-refractivity contribution < 1.29 is 32.2 Å². The molecule has 0 bridgehead atoms. The zero-order chi connectivity index (χ0) is 29.3. The molecular weight excluding hydrogens is 534 g/mol. The molecule has 0 aliphatic rings. The molecule has 3 aromatic rings. The highest BCUT2D eigenvalue weighted by atomic mass is 32.2. The van der Waals surface area contributed by atoms with Crippen LogP contribution >= 0.6 is 0 Å². The van der Waals surface area contributed by atoms with Crippen LogP contribution in [0.5, 0.6) is 11.5 Å². The van der Waals surface area contributed by atoms with E-state index < -0.39 is 34.0 Å². The van der Waals surface area contributed by atoms with Crippen LogP contribution in [-0.4, -0.2) is 52.4 Å². The fraction of sp³-hybridized carbons (Fsp3) is 0.276. The number of hydrogen-bond acceptors (Lipinski definition) is 8. The van der Waals surface area contributed by atoms with E-state index in [2.05, 4.69) is 10.5 Å². The number of hydrazone groups is 1. The smallest absolute Gasteiger partial charge is 0.344 e. The average molecular weight is 568 g/mol. The predicted molar refractivity (Wildman–Crippen MR) is 152 cm³/mol. The summed E-state index contributed by atoms with van der Waals surface area (Å²) in [5.41, 5.74) is 3.58.